The minimum Gasteiger partial charge on any atom is -0.387 e. The number of nitrogens with zero attached hydrogens (tertiary/aromatic N) is 1. The van der Waals surface area contributed by atoms with Gasteiger partial charge in [-0.15, -0.1) is 0 Å². The Morgan fingerprint density at radius 2 is 1.41 bits per heavy atom. The summed E-state index contributed by atoms with van der Waals surface area (Å²) in [6, 6.07) is -0.852. The number of aliphatic hydroxyl groups is 1. The van der Waals surface area contributed by atoms with Gasteiger partial charge in [0.2, 0.25) is 5.91 Å². The summed E-state index contributed by atoms with van der Waals surface area (Å²) in [6.07, 6.45) is 22.6. The van der Waals surface area contributed by atoms with Crippen molar-refractivity contribution in [3.05, 3.63) is 24.3 Å². The molecule has 3 N–H and O–H groups in total. The quantitative estimate of drug-likeness (QED) is 0.0460. The summed E-state index contributed by atoms with van der Waals surface area (Å²) in [5.74, 6) is -0.198. The molecule has 0 aliphatic carbocycles. The topological polar surface area (TPSA) is 105 Å². The SMILES string of the molecule is CCCC/C=C/CC/C=C/C(O)C(COP(=O)(O)OCC[N+](C)(C)C)NC(=O)CCCCCCCCCCC. The third-order valence-electron chi connectivity index (χ3n) is 6.42. The van der Waals surface area contributed by atoms with Gasteiger partial charge in [-0.1, -0.05) is 102 Å². The largest absolute Gasteiger partial charge is 0.472 e. The van der Waals surface area contributed by atoms with Crippen LogP contribution in [-0.2, 0) is 18.4 Å². The molecule has 0 aliphatic heterocycles. The molecule has 0 saturated heterocycles. The monoisotopic (exact) mass is 575 g/mol. The molecule has 3 atom stereocenters. The van der Waals surface area contributed by atoms with Crippen LogP contribution in [0.5, 0.6) is 0 Å². The van der Waals surface area contributed by atoms with E-state index < -0.39 is 20.0 Å². The molecule has 0 rings (SSSR count). The first kappa shape index (κ1) is 38.0. The van der Waals surface area contributed by atoms with Crippen LogP contribution in [0.1, 0.15) is 110 Å². The number of phosphoric acid groups is 1. The summed E-state index contributed by atoms with van der Waals surface area (Å²) in [5, 5.41) is 13.5. The van der Waals surface area contributed by atoms with Crippen molar-refractivity contribution in [3.8, 4) is 0 Å². The Morgan fingerprint density at radius 3 is 2.03 bits per heavy atom. The summed E-state index contributed by atoms with van der Waals surface area (Å²) < 4.78 is 23.2. The number of phosphoric ester groups is 1. The first-order valence-electron chi connectivity index (χ1n) is 15.2. The van der Waals surface area contributed by atoms with Crippen molar-refractivity contribution in [2.24, 2.45) is 0 Å². The molecule has 0 saturated carbocycles. The van der Waals surface area contributed by atoms with Gasteiger partial charge in [-0.2, -0.15) is 0 Å². The highest BCUT2D eigenvalue weighted by atomic mass is 31.2. The summed E-state index contributed by atoms with van der Waals surface area (Å²) in [5.41, 5.74) is 0. The lowest BCUT2D eigenvalue weighted by molar-refractivity contribution is -0.870. The highest BCUT2D eigenvalue weighted by Crippen LogP contribution is 2.43. The number of unbranched alkanes of at least 4 members (excludes halogenated alkanes) is 11. The molecule has 0 aromatic carbocycles. The number of quaternary nitrogens is 1. The summed E-state index contributed by atoms with van der Waals surface area (Å²) in [4.78, 5) is 22.7. The Morgan fingerprint density at radius 1 is 0.846 bits per heavy atom. The highest BCUT2D eigenvalue weighted by Gasteiger charge is 2.27. The van der Waals surface area contributed by atoms with Crippen LogP contribution in [0, 0.1) is 0 Å². The number of carbonyl (C=O) groups is 1. The zero-order valence-electron chi connectivity index (χ0n) is 25.6. The number of likely N-dealkylation sites (N-methyl/N-ethyl adjacent to an activating group) is 1. The van der Waals surface area contributed by atoms with Gasteiger partial charge in [-0.3, -0.25) is 13.8 Å². The minimum absolute atomic E-state index is 0.0567. The van der Waals surface area contributed by atoms with Crippen molar-refractivity contribution in [1.29, 1.82) is 0 Å². The van der Waals surface area contributed by atoms with Crippen molar-refractivity contribution in [2.45, 2.75) is 122 Å². The van der Waals surface area contributed by atoms with E-state index in [0.29, 0.717) is 17.4 Å². The van der Waals surface area contributed by atoms with Crippen LogP contribution in [0.25, 0.3) is 0 Å². The summed E-state index contributed by atoms with van der Waals surface area (Å²) >= 11 is 0. The van der Waals surface area contributed by atoms with E-state index in [2.05, 4.69) is 31.3 Å². The Hall–Kier alpha value is -1.02. The van der Waals surface area contributed by atoms with Crippen LogP contribution in [0.3, 0.4) is 0 Å². The Labute approximate surface area is 239 Å². The maximum atomic E-state index is 12.6. The van der Waals surface area contributed by atoms with E-state index in [1.807, 2.05) is 27.2 Å². The third kappa shape index (κ3) is 25.7. The van der Waals surface area contributed by atoms with Crippen LogP contribution in [0.4, 0.5) is 0 Å². The molecule has 3 unspecified atom stereocenters. The lowest BCUT2D eigenvalue weighted by atomic mass is 10.1. The molecule has 230 valence electrons. The van der Waals surface area contributed by atoms with E-state index in [1.165, 1.54) is 51.4 Å². The second kappa shape index (κ2) is 23.7. The van der Waals surface area contributed by atoms with E-state index >= 15 is 0 Å². The van der Waals surface area contributed by atoms with Gasteiger partial charge in [0.25, 0.3) is 0 Å². The second-order valence-electron chi connectivity index (χ2n) is 11.5. The number of nitrogens with one attached hydrogen (secondary N) is 1. The Bertz CT molecular complexity index is 708. The fourth-order valence-electron chi connectivity index (χ4n) is 3.86. The normalized spacial score (nSPS) is 15.6. The van der Waals surface area contributed by atoms with Crippen LogP contribution < -0.4 is 5.32 Å². The van der Waals surface area contributed by atoms with Gasteiger partial charge in [0.15, 0.2) is 0 Å². The average molecular weight is 576 g/mol. The van der Waals surface area contributed by atoms with Gasteiger partial charge in [0.1, 0.15) is 13.2 Å². The standard InChI is InChI=1S/C30H59N2O6P/c1-6-8-10-12-14-16-18-20-22-24-30(34)31-28(27-38-39(35,36)37-26-25-32(3,4)5)29(33)23-21-19-17-15-13-11-9-7-2/h13,15,21,23,28-29,33H,6-12,14,16-20,22,24-27H2,1-5H3,(H-,31,34,35,36)/p+1/b15-13+,23-21+. The fourth-order valence-corrected chi connectivity index (χ4v) is 4.60. The van der Waals surface area contributed by atoms with Gasteiger partial charge in [0, 0.05) is 6.42 Å². The Kier molecular flexibility index (Phi) is 23.0. The molecular formula is C30H60N2O6P+. The zero-order valence-corrected chi connectivity index (χ0v) is 26.5. The predicted molar refractivity (Wildman–Crippen MR) is 161 cm³/mol. The van der Waals surface area contributed by atoms with Crippen molar-refractivity contribution in [1.82, 2.24) is 5.32 Å². The summed E-state index contributed by atoms with van der Waals surface area (Å²) in [7, 11) is 1.55. The molecular weight excluding hydrogens is 515 g/mol. The molecule has 8 nitrogen and oxygen atoms in total. The number of hydrogen-bond donors (Lipinski definition) is 3. The maximum Gasteiger partial charge on any atom is 0.472 e. The Balaban J connectivity index is 4.73. The number of rotatable bonds is 26. The highest BCUT2D eigenvalue weighted by molar-refractivity contribution is 7.47. The number of hydrogen-bond acceptors (Lipinski definition) is 5. The van der Waals surface area contributed by atoms with Crippen molar-refractivity contribution >= 4 is 13.7 Å². The predicted octanol–water partition coefficient (Wildman–Crippen LogP) is 6.68. The molecule has 1 amide bonds. The first-order valence-corrected chi connectivity index (χ1v) is 16.7. The number of carbonyl (C=O) groups excluding carboxylic acids is 1. The van der Waals surface area contributed by atoms with Gasteiger partial charge in [-0.25, -0.2) is 4.57 Å². The molecule has 0 fully saturated rings. The van der Waals surface area contributed by atoms with Crippen molar-refractivity contribution in [2.75, 3.05) is 40.9 Å². The van der Waals surface area contributed by atoms with Gasteiger partial charge in [0.05, 0.1) is 39.9 Å². The average Bonchev–Trinajstić information content (AvgIpc) is 2.86. The molecule has 0 aliphatic rings. The lowest BCUT2D eigenvalue weighted by Gasteiger charge is -2.25. The van der Waals surface area contributed by atoms with Crippen molar-refractivity contribution in [3.63, 3.8) is 0 Å². The molecule has 9 heteroatoms. The van der Waals surface area contributed by atoms with Crippen LogP contribution in [0.2, 0.25) is 0 Å². The molecule has 0 bridgehead atoms. The molecule has 0 spiro atoms. The molecule has 0 heterocycles. The molecule has 0 aromatic heterocycles. The molecule has 0 aromatic rings. The maximum absolute atomic E-state index is 12.6. The van der Waals surface area contributed by atoms with Crippen LogP contribution >= 0.6 is 7.82 Å². The van der Waals surface area contributed by atoms with Gasteiger partial charge >= 0.3 is 7.82 Å². The van der Waals surface area contributed by atoms with E-state index in [0.717, 1.165) is 38.5 Å². The third-order valence-corrected chi connectivity index (χ3v) is 7.41. The zero-order chi connectivity index (χ0) is 29.4. The number of allylic oxidation sites excluding steroid dienone is 3. The second-order valence-corrected chi connectivity index (χ2v) is 12.9. The molecule has 39 heavy (non-hydrogen) atoms. The van der Waals surface area contributed by atoms with E-state index in [1.54, 1.807) is 6.08 Å². The minimum atomic E-state index is -4.32. The first-order chi connectivity index (χ1) is 18.5. The molecule has 0 radical (unpaired) electrons. The van der Waals surface area contributed by atoms with E-state index in [9.17, 15) is 19.4 Å². The van der Waals surface area contributed by atoms with Crippen LogP contribution in [0.15, 0.2) is 24.3 Å². The fraction of sp³-hybridized carbons (Fsp3) is 0.833. The van der Waals surface area contributed by atoms with E-state index in [4.69, 9.17) is 9.05 Å². The van der Waals surface area contributed by atoms with Gasteiger partial charge < -0.3 is 19.8 Å². The van der Waals surface area contributed by atoms with Gasteiger partial charge in [-0.05, 0) is 25.7 Å². The number of aliphatic hydroxyl groups excluding tert-OH is 1. The smallest absolute Gasteiger partial charge is 0.387 e. The van der Waals surface area contributed by atoms with E-state index in [-0.39, 0.29) is 19.1 Å². The van der Waals surface area contributed by atoms with Crippen molar-refractivity contribution < 1.29 is 32.9 Å². The van der Waals surface area contributed by atoms with Crippen LogP contribution in [-0.4, -0.2) is 73.4 Å². The number of amides is 1. The summed E-state index contributed by atoms with van der Waals surface area (Å²) in [6.45, 7) is 4.64. The lowest BCUT2D eigenvalue weighted by Crippen LogP contribution is -2.45.